The molecule has 1 amide bonds. The molecule has 1 aromatic carbocycles. The number of nitrogens with two attached hydrogens (primary N) is 1. The van der Waals surface area contributed by atoms with Crippen molar-refractivity contribution >= 4 is 27.5 Å². The van der Waals surface area contributed by atoms with Gasteiger partial charge in [-0.2, -0.15) is 13.2 Å². The maximum absolute atomic E-state index is 11.9. The molecule has 0 radical (unpaired) electrons. The molecule has 1 rings (SSSR count). The number of rotatable bonds is 2. The first-order valence-electron chi connectivity index (χ1n) is 4.20. The van der Waals surface area contributed by atoms with Crippen molar-refractivity contribution in [1.82, 2.24) is 5.32 Å². The molecule has 0 saturated carbocycles. The topological polar surface area (TPSA) is 55.1 Å². The van der Waals surface area contributed by atoms with Gasteiger partial charge in [0.2, 0.25) is 0 Å². The van der Waals surface area contributed by atoms with Crippen LogP contribution in [0.25, 0.3) is 0 Å². The van der Waals surface area contributed by atoms with E-state index >= 15 is 0 Å². The monoisotopic (exact) mass is 296 g/mol. The Morgan fingerprint density at radius 3 is 2.62 bits per heavy atom. The van der Waals surface area contributed by atoms with Crippen molar-refractivity contribution in [3.05, 3.63) is 28.2 Å². The molecule has 3 N–H and O–H groups in total. The minimum Gasteiger partial charge on any atom is -0.398 e. The maximum Gasteiger partial charge on any atom is 0.405 e. The summed E-state index contributed by atoms with van der Waals surface area (Å²) in [6.45, 7) is -1.37. The van der Waals surface area contributed by atoms with Crippen LogP contribution < -0.4 is 11.1 Å². The van der Waals surface area contributed by atoms with Crippen molar-refractivity contribution < 1.29 is 18.0 Å². The summed E-state index contributed by atoms with van der Waals surface area (Å²) < 4.78 is 35.9. The van der Waals surface area contributed by atoms with Crippen LogP contribution in [0, 0.1) is 0 Å². The summed E-state index contributed by atoms with van der Waals surface area (Å²) in [6.07, 6.45) is -4.43. The number of alkyl halides is 3. The highest BCUT2D eigenvalue weighted by Crippen LogP contribution is 2.23. The maximum atomic E-state index is 11.9. The molecule has 0 spiro atoms. The quantitative estimate of drug-likeness (QED) is 0.823. The minimum atomic E-state index is -4.43. The van der Waals surface area contributed by atoms with E-state index in [4.69, 9.17) is 5.73 Å². The van der Waals surface area contributed by atoms with Crippen molar-refractivity contribution in [2.45, 2.75) is 6.18 Å². The third-order valence-electron chi connectivity index (χ3n) is 1.72. The Hall–Kier alpha value is -1.24. The summed E-state index contributed by atoms with van der Waals surface area (Å²) in [5.41, 5.74) is 5.86. The Labute approximate surface area is 97.9 Å². The third kappa shape index (κ3) is 3.41. The number of hydrogen-bond donors (Lipinski definition) is 2. The van der Waals surface area contributed by atoms with Crippen LogP contribution in [-0.2, 0) is 0 Å². The first-order chi connectivity index (χ1) is 7.31. The second kappa shape index (κ2) is 4.73. The number of nitrogen functional groups attached to an aromatic ring is 1. The van der Waals surface area contributed by atoms with Gasteiger partial charge in [-0.25, -0.2) is 0 Å². The molecule has 7 heteroatoms. The summed E-state index contributed by atoms with van der Waals surface area (Å²) >= 11 is 3.03. The zero-order valence-corrected chi connectivity index (χ0v) is 9.52. The van der Waals surface area contributed by atoms with Crippen LogP contribution >= 0.6 is 15.9 Å². The molecule has 0 bridgehead atoms. The van der Waals surface area contributed by atoms with Crippen LogP contribution in [0.2, 0.25) is 0 Å². The number of nitrogens with one attached hydrogen (secondary N) is 1. The Morgan fingerprint density at radius 2 is 2.06 bits per heavy atom. The van der Waals surface area contributed by atoms with Gasteiger partial charge in [0.05, 0.1) is 10.0 Å². The molecular weight excluding hydrogens is 289 g/mol. The van der Waals surface area contributed by atoms with Crippen molar-refractivity contribution in [3.8, 4) is 0 Å². The highest BCUT2D eigenvalue weighted by Gasteiger charge is 2.28. The summed E-state index contributed by atoms with van der Waals surface area (Å²) in [5.74, 6) is -0.823. The lowest BCUT2D eigenvalue weighted by Gasteiger charge is -2.10. The van der Waals surface area contributed by atoms with E-state index < -0.39 is 18.6 Å². The lowest BCUT2D eigenvalue weighted by molar-refractivity contribution is -0.123. The van der Waals surface area contributed by atoms with Gasteiger partial charge in [-0.05, 0) is 28.1 Å². The predicted octanol–water partition coefficient (Wildman–Crippen LogP) is 2.32. The minimum absolute atomic E-state index is 0.0734. The SMILES string of the molecule is Nc1cccc(C(=O)NCC(F)(F)F)c1Br. The summed E-state index contributed by atoms with van der Waals surface area (Å²) in [6, 6.07) is 4.40. The second-order valence-electron chi connectivity index (χ2n) is 3.01. The number of hydrogen-bond acceptors (Lipinski definition) is 2. The summed E-state index contributed by atoms with van der Waals surface area (Å²) in [7, 11) is 0. The number of carbonyl (C=O) groups is 1. The molecule has 0 aromatic heterocycles. The number of amides is 1. The van der Waals surface area contributed by atoms with E-state index in [1.807, 2.05) is 0 Å². The first-order valence-corrected chi connectivity index (χ1v) is 4.99. The van der Waals surface area contributed by atoms with E-state index in [9.17, 15) is 18.0 Å². The van der Waals surface area contributed by atoms with Crippen LogP contribution in [0.4, 0.5) is 18.9 Å². The standard InChI is InChI=1S/C9H8BrF3N2O/c10-7-5(2-1-3-6(7)14)8(16)15-4-9(11,12)13/h1-3H,4,14H2,(H,15,16). The van der Waals surface area contributed by atoms with Gasteiger partial charge in [0.15, 0.2) is 0 Å². The predicted molar refractivity (Wildman–Crippen MR) is 56.9 cm³/mol. The Morgan fingerprint density at radius 1 is 1.44 bits per heavy atom. The van der Waals surface area contributed by atoms with E-state index in [2.05, 4.69) is 15.9 Å². The zero-order chi connectivity index (χ0) is 12.3. The Bertz CT molecular complexity index is 406. The van der Waals surface area contributed by atoms with E-state index in [-0.39, 0.29) is 10.0 Å². The molecule has 3 nitrogen and oxygen atoms in total. The molecule has 1 aromatic rings. The fourth-order valence-corrected chi connectivity index (χ4v) is 1.45. The van der Waals surface area contributed by atoms with E-state index in [0.717, 1.165) is 0 Å². The average molecular weight is 297 g/mol. The van der Waals surface area contributed by atoms with Crippen molar-refractivity contribution in [2.24, 2.45) is 0 Å². The highest BCUT2D eigenvalue weighted by molar-refractivity contribution is 9.10. The smallest absolute Gasteiger partial charge is 0.398 e. The van der Waals surface area contributed by atoms with Gasteiger partial charge in [-0.1, -0.05) is 6.07 Å². The van der Waals surface area contributed by atoms with E-state index in [1.54, 1.807) is 5.32 Å². The molecular formula is C9H8BrF3N2O. The van der Waals surface area contributed by atoms with Gasteiger partial charge < -0.3 is 11.1 Å². The molecule has 0 unspecified atom stereocenters. The Balaban J connectivity index is 2.78. The van der Waals surface area contributed by atoms with Crippen molar-refractivity contribution in [1.29, 1.82) is 0 Å². The molecule has 0 aliphatic heterocycles. The van der Waals surface area contributed by atoms with Crippen LogP contribution in [0.3, 0.4) is 0 Å². The largest absolute Gasteiger partial charge is 0.405 e. The molecule has 88 valence electrons. The second-order valence-corrected chi connectivity index (χ2v) is 3.80. The Kier molecular flexibility index (Phi) is 3.79. The zero-order valence-electron chi connectivity index (χ0n) is 7.94. The van der Waals surface area contributed by atoms with Crippen LogP contribution in [0.15, 0.2) is 22.7 Å². The van der Waals surface area contributed by atoms with Crippen molar-refractivity contribution in [3.63, 3.8) is 0 Å². The van der Waals surface area contributed by atoms with Gasteiger partial charge in [0, 0.05) is 5.69 Å². The number of benzene rings is 1. The molecule has 0 aliphatic rings. The van der Waals surface area contributed by atoms with Gasteiger partial charge in [0.25, 0.3) is 5.91 Å². The van der Waals surface area contributed by atoms with Crippen LogP contribution in [-0.4, -0.2) is 18.6 Å². The average Bonchev–Trinajstić information content (AvgIpc) is 2.17. The molecule has 16 heavy (non-hydrogen) atoms. The summed E-state index contributed by atoms with van der Waals surface area (Å²) in [5, 5.41) is 1.76. The van der Waals surface area contributed by atoms with Gasteiger partial charge in [-0.15, -0.1) is 0 Å². The lowest BCUT2D eigenvalue weighted by Crippen LogP contribution is -2.33. The van der Waals surface area contributed by atoms with Gasteiger partial charge >= 0.3 is 6.18 Å². The first kappa shape index (κ1) is 12.8. The van der Waals surface area contributed by atoms with Gasteiger partial charge in [-0.3, -0.25) is 4.79 Å². The van der Waals surface area contributed by atoms with Crippen molar-refractivity contribution in [2.75, 3.05) is 12.3 Å². The van der Waals surface area contributed by atoms with Gasteiger partial charge in [0.1, 0.15) is 6.54 Å². The normalized spacial score (nSPS) is 11.2. The van der Waals surface area contributed by atoms with Crippen LogP contribution in [0.5, 0.6) is 0 Å². The number of carbonyl (C=O) groups excluding carboxylic acids is 1. The van der Waals surface area contributed by atoms with E-state index in [0.29, 0.717) is 5.69 Å². The molecule has 0 saturated heterocycles. The fourth-order valence-electron chi connectivity index (χ4n) is 1.00. The molecule has 0 aliphatic carbocycles. The molecule has 0 atom stereocenters. The molecule has 0 fully saturated rings. The fraction of sp³-hybridized carbons (Fsp3) is 0.222. The molecule has 0 heterocycles. The lowest BCUT2D eigenvalue weighted by atomic mass is 10.2. The van der Waals surface area contributed by atoms with E-state index in [1.165, 1.54) is 18.2 Å². The highest BCUT2D eigenvalue weighted by atomic mass is 79.9. The van der Waals surface area contributed by atoms with Crippen LogP contribution in [0.1, 0.15) is 10.4 Å². The third-order valence-corrected chi connectivity index (χ3v) is 2.61. The number of anilines is 1. The summed E-state index contributed by atoms with van der Waals surface area (Å²) in [4.78, 5) is 11.4. The number of halogens is 4.